The Hall–Kier alpha value is -2.96. The molecule has 4 rings (SSSR count). The molecule has 0 aliphatic heterocycles. The molecular weight excluding hydrogens is 406 g/mol. The lowest BCUT2D eigenvalue weighted by Gasteiger charge is -2.09. The van der Waals surface area contributed by atoms with Crippen LogP contribution in [0.4, 0.5) is 11.5 Å². The number of ether oxygens (including phenoxy) is 1. The van der Waals surface area contributed by atoms with Crippen molar-refractivity contribution in [1.82, 2.24) is 9.97 Å². The Morgan fingerprint density at radius 3 is 2.45 bits per heavy atom. The van der Waals surface area contributed by atoms with E-state index in [4.69, 9.17) is 4.74 Å². The van der Waals surface area contributed by atoms with E-state index >= 15 is 0 Å². The molecule has 0 fully saturated rings. The number of carbonyl (C=O) groups excluding carboxylic acids is 1. The van der Waals surface area contributed by atoms with Gasteiger partial charge in [0.05, 0.1) is 18.1 Å². The second-order valence-corrected chi connectivity index (χ2v) is 7.15. The Morgan fingerprint density at radius 2 is 1.79 bits per heavy atom. The molecule has 2 aromatic heterocycles. The summed E-state index contributed by atoms with van der Waals surface area (Å²) in [6, 6.07) is 15.7. The summed E-state index contributed by atoms with van der Waals surface area (Å²) in [6.45, 7) is 2.15. The topological polar surface area (TPSA) is 64.1 Å². The zero-order valence-electron chi connectivity index (χ0n) is 16.0. The van der Waals surface area contributed by atoms with Crippen LogP contribution in [0.2, 0.25) is 0 Å². The van der Waals surface area contributed by atoms with Gasteiger partial charge in [-0.05, 0) is 41.8 Å². The van der Waals surface area contributed by atoms with E-state index in [1.807, 2.05) is 12.1 Å². The highest BCUT2D eigenvalue weighted by molar-refractivity contribution is 7.17. The summed E-state index contributed by atoms with van der Waals surface area (Å²) in [4.78, 5) is 21.4. The Morgan fingerprint density at radius 1 is 1.07 bits per heavy atom. The lowest BCUT2D eigenvalue weighted by molar-refractivity contribution is 0.0601. The van der Waals surface area contributed by atoms with Crippen LogP contribution in [0.25, 0.3) is 21.3 Å². The number of fused-ring (bicyclic) bond motifs is 1. The summed E-state index contributed by atoms with van der Waals surface area (Å²) in [6.07, 6.45) is 2.58. The Balaban J connectivity index is 0.00000240. The van der Waals surface area contributed by atoms with Crippen molar-refractivity contribution in [3.63, 3.8) is 0 Å². The van der Waals surface area contributed by atoms with Gasteiger partial charge in [0, 0.05) is 16.6 Å². The molecule has 0 unspecified atom stereocenters. The summed E-state index contributed by atoms with van der Waals surface area (Å²) in [5.41, 5.74) is 4.90. The number of anilines is 2. The lowest BCUT2D eigenvalue weighted by Crippen LogP contribution is -2.01. The molecule has 148 valence electrons. The Labute approximate surface area is 179 Å². The number of hydrogen-bond donors (Lipinski definition) is 1. The van der Waals surface area contributed by atoms with E-state index in [2.05, 4.69) is 51.9 Å². The van der Waals surface area contributed by atoms with Crippen LogP contribution in [-0.4, -0.2) is 23.0 Å². The van der Waals surface area contributed by atoms with Crippen LogP contribution in [0.15, 0.2) is 60.2 Å². The zero-order chi connectivity index (χ0) is 19.5. The predicted molar refractivity (Wildman–Crippen MR) is 121 cm³/mol. The van der Waals surface area contributed by atoms with Crippen molar-refractivity contribution in [2.75, 3.05) is 12.4 Å². The molecule has 0 radical (unpaired) electrons. The summed E-state index contributed by atoms with van der Waals surface area (Å²) in [5.74, 6) is 0.387. The first kappa shape index (κ1) is 20.8. The molecule has 0 spiro atoms. The van der Waals surface area contributed by atoms with E-state index in [-0.39, 0.29) is 18.4 Å². The largest absolute Gasteiger partial charge is 0.465 e. The van der Waals surface area contributed by atoms with Gasteiger partial charge in [-0.2, -0.15) is 0 Å². The SMILES string of the molecule is CCc1ccc(-c2csc3ncnc(Nc4ccc(C(=O)OC)cc4)c23)cc1.Cl. The van der Waals surface area contributed by atoms with Gasteiger partial charge < -0.3 is 10.1 Å². The fourth-order valence-electron chi connectivity index (χ4n) is 3.05. The highest BCUT2D eigenvalue weighted by Gasteiger charge is 2.14. The van der Waals surface area contributed by atoms with Crippen LogP contribution in [0.5, 0.6) is 0 Å². The number of nitrogens with one attached hydrogen (secondary N) is 1. The highest BCUT2D eigenvalue weighted by Crippen LogP contribution is 2.37. The monoisotopic (exact) mass is 425 g/mol. The van der Waals surface area contributed by atoms with Gasteiger partial charge in [0.1, 0.15) is 17.0 Å². The highest BCUT2D eigenvalue weighted by atomic mass is 35.5. The summed E-state index contributed by atoms with van der Waals surface area (Å²) in [5, 5.41) is 6.46. The number of methoxy groups -OCH3 is 1. The van der Waals surface area contributed by atoms with Crippen molar-refractivity contribution in [1.29, 1.82) is 0 Å². The number of rotatable bonds is 5. The number of aromatic nitrogens is 2. The van der Waals surface area contributed by atoms with Gasteiger partial charge in [0.15, 0.2) is 0 Å². The molecule has 1 N–H and O–H groups in total. The van der Waals surface area contributed by atoms with Crippen molar-refractivity contribution in [3.8, 4) is 11.1 Å². The van der Waals surface area contributed by atoms with Crippen LogP contribution < -0.4 is 5.32 Å². The number of benzene rings is 2. The first-order valence-corrected chi connectivity index (χ1v) is 9.84. The maximum atomic E-state index is 11.6. The van der Waals surface area contributed by atoms with Crippen molar-refractivity contribution < 1.29 is 9.53 Å². The van der Waals surface area contributed by atoms with Crippen LogP contribution in [0.3, 0.4) is 0 Å². The maximum absolute atomic E-state index is 11.6. The van der Waals surface area contributed by atoms with E-state index in [9.17, 15) is 4.79 Å². The number of hydrogen-bond acceptors (Lipinski definition) is 6. The number of nitrogens with zero attached hydrogens (tertiary/aromatic N) is 2. The molecule has 29 heavy (non-hydrogen) atoms. The minimum Gasteiger partial charge on any atom is -0.465 e. The molecule has 2 heterocycles. The van der Waals surface area contributed by atoms with Crippen LogP contribution in [0, 0.1) is 0 Å². The molecule has 5 nitrogen and oxygen atoms in total. The first-order chi connectivity index (χ1) is 13.7. The summed E-state index contributed by atoms with van der Waals surface area (Å²) < 4.78 is 4.74. The molecule has 0 saturated heterocycles. The molecule has 0 bridgehead atoms. The average Bonchev–Trinajstić information content (AvgIpc) is 3.19. The van der Waals surface area contributed by atoms with Gasteiger partial charge in [-0.1, -0.05) is 31.2 Å². The molecule has 0 aliphatic carbocycles. The second kappa shape index (κ2) is 9.03. The standard InChI is InChI=1S/C22H19N3O2S.ClH/c1-3-14-4-6-15(7-5-14)18-12-28-21-19(18)20(23-13-24-21)25-17-10-8-16(9-11-17)22(26)27-2;/h4-13H,3H2,1-2H3,(H,23,24,25);1H. The van der Waals surface area contributed by atoms with Crippen LogP contribution >= 0.6 is 23.7 Å². The van der Waals surface area contributed by atoms with Gasteiger partial charge in [-0.25, -0.2) is 14.8 Å². The lowest BCUT2D eigenvalue weighted by atomic mass is 10.0. The molecule has 0 aliphatic rings. The average molecular weight is 426 g/mol. The van der Waals surface area contributed by atoms with E-state index < -0.39 is 0 Å². The third-order valence-corrected chi connectivity index (χ3v) is 5.50. The van der Waals surface area contributed by atoms with Crippen molar-refractivity contribution >= 4 is 51.4 Å². The first-order valence-electron chi connectivity index (χ1n) is 8.96. The third kappa shape index (κ3) is 4.23. The van der Waals surface area contributed by atoms with Crippen molar-refractivity contribution in [2.45, 2.75) is 13.3 Å². The van der Waals surface area contributed by atoms with Gasteiger partial charge >= 0.3 is 5.97 Å². The molecule has 0 saturated carbocycles. The molecule has 0 amide bonds. The quantitative estimate of drug-likeness (QED) is 0.405. The van der Waals surface area contributed by atoms with E-state index in [0.717, 1.165) is 39.3 Å². The predicted octanol–water partition coefficient (Wildman–Crippen LogP) is 5.87. The zero-order valence-corrected chi connectivity index (χ0v) is 17.6. The van der Waals surface area contributed by atoms with Crippen molar-refractivity contribution in [3.05, 3.63) is 71.4 Å². The van der Waals surface area contributed by atoms with Gasteiger partial charge in [0.25, 0.3) is 0 Å². The number of esters is 1. The van der Waals surface area contributed by atoms with Crippen molar-refractivity contribution in [2.24, 2.45) is 0 Å². The van der Waals surface area contributed by atoms with Gasteiger partial charge in [-0.15, -0.1) is 23.7 Å². The van der Waals surface area contributed by atoms with E-state index in [0.29, 0.717) is 5.56 Å². The number of thiophene rings is 1. The Bertz CT molecular complexity index is 1130. The van der Waals surface area contributed by atoms with E-state index in [1.54, 1.807) is 29.8 Å². The van der Waals surface area contributed by atoms with Crippen LogP contribution in [-0.2, 0) is 11.2 Å². The molecule has 7 heteroatoms. The molecule has 4 aromatic rings. The molecular formula is C22H20ClN3O2S. The van der Waals surface area contributed by atoms with E-state index in [1.165, 1.54) is 12.7 Å². The third-order valence-electron chi connectivity index (χ3n) is 4.61. The minimum absolute atomic E-state index is 0. The number of halogens is 1. The summed E-state index contributed by atoms with van der Waals surface area (Å²) in [7, 11) is 1.37. The van der Waals surface area contributed by atoms with Gasteiger partial charge in [0.2, 0.25) is 0 Å². The number of carbonyl (C=O) groups is 1. The molecule has 0 atom stereocenters. The Kier molecular flexibility index (Phi) is 6.46. The second-order valence-electron chi connectivity index (χ2n) is 6.30. The normalized spacial score (nSPS) is 10.4. The van der Waals surface area contributed by atoms with Crippen LogP contribution in [0.1, 0.15) is 22.8 Å². The number of aryl methyl sites for hydroxylation is 1. The summed E-state index contributed by atoms with van der Waals surface area (Å²) >= 11 is 1.60. The fraction of sp³-hybridized carbons (Fsp3) is 0.136. The fourth-order valence-corrected chi connectivity index (χ4v) is 3.96. The minimum atomic E-state index is -0.355. The van der Waals surface area contributed by atoms with Gasteiger partial charge in [-0.3, -0.25) is 0 Å². The maximum Gasteiger partial charge on any atom is 0.337 e. The smallest absolute Gasteiger partial charge is 0.337 e. The molecule has 2 aromatic carbocycles.